The number of methoxy groups -OCH3 is 2. The molecule has 0 aliphatic carbocycles. The largest absolute Gasteiger partial charge is 0.496 e. The minimum atomic E-state index is 0.109. The van der Waals surface area contributed by atoms with E-state index >= 15 is 0 Å². The molecule has 2 rings (SSSR count). The first kappa shape index (κ1) is 15.4. The quantitative estimate of drug-likeness (QED) is 0.606. The highest BCUT2D eigenvalue weighted by atomic mass is 16.5. The van der Waals surface area contributed by atoms with Gasteiger partial charge in [-0.05, 0) is 36.1 Å². The van der Waals surface area contributed by atoms with Gasteiger partial charge in [-0.3, -0.25) is 11.3 Å². The van der Waals surface area contributed by atoms with Gasteiger partial charge in [0.15, 0.2) is 0 Å². The van der Waals surface area contributed by atoms with Gasteiger partial charge >= 0.3 is 0 Å². The maximum atomic E-state index is 5.72. The highest BCUT2D eigenvalue weighted by Crippen LogP contribution is 2.23. The van der Waals surface area contributed by atoms with Gasteiger partial charge in [0.05, 0.1) is 14.2 Å². The van der Waals surface area contributed by atoms with Crippen LogP contribution >= 0.6 is 0 Å². The SMILES string of the molecule is COc1ccccc1CC(Cc1ccccc1OC)NN. The fourth-order valence-electron chi connectivity index (χ4n) is 2.46. The van der Waals surface area contributed by atoms with Crippen molar-refractivity contribution in [1.82, 2.24) is 5.43 Å². The van der Waals surface area contributed by atoms with Crippen molar-refractivity contribution in [3.8, 4) is 11.5 Å². The molecule has 0 atom stereocenters. The molecule has 0 aromatic heterocycles. The molecule has 0 unspecified atom stereocenters. The van der Waals surface area contributed by atoms with Crippen molar-refractivity contribution in [1.29, 1.82) is 0 Å². The van der Waals surface area contributed by atoms with Gasteiger partial charge in [0.1, 0.15) is 11.5 Å². The van der Waals surface area contributed by atoms with Gasteiger partial charge < -0.3 is 9.47 Å². The van der Waals surface area contributed by atoms with Crippen LogP contribution in [0, 0.1) is 0 Å². The Hall–Kier alpha value is -2.04. The minimum absolute atomic E-state index is 0.109. The summed E-state index contributed by atoms with van der Waals surface area (Å²) in [6.07, 6.45) is 1.58. The summed E-state index contributed by atoms with van der Waals surface area (Å²) in [6, 6.07) is 16.1. The van der Waals surface area contributed by atoms with Crippen LogP contribution in [0.2, 0.25) is 0 Å². The van der Waals surface area contributed by atoms with Crippen LogP contribution in [-0.2, 0) is 12.8 Å². The first-order chi connectivity index (χ1) is 10.3. The second kappa shape index (κ2) is 7.67. The number of hydrogen-bond donors (Lipinski definition) is 2. The molecule has 0 fully saturated rings. The molecule has 3 N–H and O–H groups in total. The molecule has 0 heterocycles. The van der Waals surface area contributed by atoms with Gasteiger partial charge in [0.2, 0.25) is 0 Å². The van der Waals surface area contributed by atoms with Crippen LogP contribution in [0.5, 0.6) is 11.5 Å². The van der Waals surface area contributed by atoms with Crippen molar-refractivity contribution in [3.63, 3.8) is 0 Å². The average molecular weight is 286 g/mol. The second-order valence-corrected chi connectivity index (χ2v) is 4.90. The maximum Gasteiger partial charge on any atom is 0.122 e. The summed E-state index contributed by atoms with van der Waals surface area (Å²) in [4.78, 5) is 0. The standard InChI is InChI=1S/C17H22N2O2/c1-20-16-9-5-3-7-13(16)11-15(19-18)12-14-8-4-6-10-17(14)21-2/h3-10,15,19H,11-12,18H2,1-2H3. The zero-order valence-electron chi connectivity index (χ0n) is 12.5. The van der Waals surface area contributed by atoms with E-state index in [2.05, 4.69) is 17.6 Å². The van der Waals surface area contributed by atoms with Crippen molar-refractivity contribution < 1.29 is 9.47 Å². The van der Waals surface area contributed by atoms with Gasteiger partial charge in [-0.1, -0.05) is 36.4 Å². The number of nitrogens with one attached hydrogen (secondary N) is 1. The molecule has 0 aliphatic heterocycles. The highest BCUT2D eigenvalue weighted by Gasteiger charge is 2.14. The molecule has 21 heavy (non-hydrogen) atoms. The molecule has 4 heteroatoms. The van der Waals surface area contributed by atoms with Crippen LogP contribution in [0.25, 0.3) is 0 Å². The van der Waals surface area contributed by atoms with Gasteiger partial charge in [-0.15, -0.1) is 0 Å². The molecule has 2 aromatic rings. The van der Waals surface area contributed by atoms with Crippen LogP contribution < -0.4 is 20.7 Å². The number of nitrogens with two attached hydrogens (primary N) is 1. The lowest BCUT2D eigenvalue weighted by atomic mass is 9.98. The van der Waals surface area contributed by atoms with E-state index in [-0.39, 0.29) is 6.04 Å². The smallest absolute Gasteiger partial charge is 0.122 e. The first-order valence-corrected chi connectivity index (χ1v) is 6.98. The topological polar surface area (TPSA) is 56.5 Å². The fourth-order valence-corrected chi connectivity index (χ4v) is 2.46. The first-order valence-electron chi connectivity index (χ1n) is 6.98. The Morgan fingerprint density at radius 1 is 0.857 bits per heavy atom. The van der Waals surface area contributed by atoms with Crippen LogP contribution in [0.1, 0.15) is 11.1 Å². The van der Waals surface area contributed by atoms with E-state index < -0.39 is 0 Å². The molecular formula is C17H22N2O2. The van der Waals surface area contributed by atoms with E-state index in [1.54, 1.807) is 14.2 Å². The summed E-state index contributed by atoms with van der Waals surface area (Å²) in [7, 11) is 3.37. The molecule has 0 aliphatic rings. The second-order valence-electron chi connectivity index (χ2n) is 4.90. The molecular weight excluding hydrogens is 264 g/mol. The predicted octanol–water partition coefficient (Wildman–Crippen LogP) is 2.32. The number of benzene rings is 2. The molecule has 0 saturated heterocycles. The van der Waals surface area contributed by atoms with Gasteiger partial charge in [-0.2, -0.15) is 0 Å². The van der Waals surface area contributed by atoms with Crippen LogP contribution in [0.4, 0.5) is 0 Å². The van der Waals surface area contributed by atoms with E-state index in [1.165, 1.54) is 0 Å². The lowest BCUT2D eigenvalue weighted by Gasteiger charge is -2.19. The molecule has 4 nitrogen and oxygen atoms in total. The highest BCUT2D eigenvalue weighted by molar-refractivity contribution is 5.36. The Bertz CT molecular complexity index is 523. The fraction of sp³-hybridized carbons (Fsp3) is 0.294. The maximum absolute atomic E-state index is 5.72. The van der Waals surface area contributed by atoms with Crippen molar-refractivity contribution >= 4 is 0 Å². The monoisotopic (exact) mass is 286 g/mol. The summed E-state index contributed by atoms with van der Waals surface area (Å²) < 4.78 is 10.8. The van der Waals surface area contributed by atoms with Crippen LogP contribution in [-0.4, -0.2) is 20.3 Å². The van der Waals surface area contributed by atoms with Gasteiger partial charge in [0.25, 0.3) is 0 Å². The molecule has 0 spiro atoms. The number of rotatable bonds is 7. The lowest BCUT2D eigenvalue weighted by Crippen LogP contribution is -2.38. The summed E-state index contributed by atoms with van der Waals surface area (Å²) in [5, 5.41) is 0. The molecule has 2 aromatic carbocycles. The predicted molar refractivity (Wildman–Crippen MR) is 84.5 cm³/mol. The van der Waals surface area contributed by atoms with Crippen LogP contribution in [0.3, 0.4) is 0 Å². The van der Waals surface area contributed by atoms with E-state index in [4.69, 9.17) is 15.3 Å². The van der Waals surface area contributed by atoms with E-state index in [0.29, 0.717) is 0 Å². The van der Waals surface area contributed by atoms with Gasteiger partial charge in [0, 0.05) is 6.04 Å². The third-order valence-corrected chi connectivity index (χ3v) is 3.55. The molecule has 0 saturated carbocycles. The minimum Gasteiger partial charge on any atom is -0.496 e. The molecule has 0 radical (unpaired) electrons. The summed E-state index contributed by atoms with van der Waals surface area (Å²) in [5.74, 6) is 7.49. The number of hydrazine groups is 1. The number of para-hydroxylation sites is 2. The third kappa shape index (κ3) is 3.97. The van der Waals surface area contributed by atoms with E-state index in [9.17, 15) is 0 Å². The lowest BCUT2D eigenvalue weighted by molar-refractivity contribution is 0.398. The van der Waals surface area contributed by atoms with Crippen molar-refractivity contribution in [2.24, 2.45) is 5.84 Å². The Labute approximate surface area is 125 Å². The normalized spacial score (nSPS) is 10.7. The number of ether oxygens (including phenoxy) is 2. The summed E-state index contributed by atoms with van der Waals surface area (Å²) in [6.45, 7) is 0. The molecule has 0 amide bonds. The Balaban J connectivity index is 2.13. The summed E-state index contributed by atoms with van der Waals surface area (Å²) in [5.41, 5.74) is 5.16. The van der Waals surface area contributed by atoms with Crippen molar-refractivity contribution in [3.05, 3.63) is 59.7 Å². The number of hydrogen-bond acceptors (Lipinski definition) is 4. The summed E-state index contributed by atoms with van der Waals surface area (Å²) >= 11 is 0. The van der Waals surface area contributed by atoms with Gasteiger partial charge in [-0.25, -0.2) is 0 Å². The zero-order valence-corrected chi connectivity index (χ0v) is 12.5. The van der Waals surface area contributed by atoms with Crippen molar-refractivity contribution in [2.45, 2.75) is 18.9 Å². The van der Waals surface area contributed by atoms with E-state index in [1.807, 2.05) is 36.4 Å². The Kier molecular flexibility index (Phi) is 5.60. The Morgan fingerprint density at radius 3 is 1.67 bits per heavy atom. The Morgan fingerprint density at radius 2 is 1.29 bits per heavy atom. The average Bonchev–Trinajstić information content (AvgIpc) is 2.55. The molecule has 112 valence electrons. The van der Waals surface area contributed by atoms with E-state index in [0.717, 1.165) is 35.5 Å². The third-order valence-electron chi connectivity index (χ3n) is 3.55. The van der Waals surface area contributed by atoms with Crippen LogP contribution in [0.15, 0.2) is 48.5 Å². The molecule has 0 bridgehead atoms. The van der Waals surface area contributed by atoms with Crippen molar-refractivity contribution in [2.75, 3.05) is 14.2 Å². The zero-order chi connectivity index (χ0) is 15.1.